The van der Waals surface area contributed by atoms with Gasteiger partial charge in [0.05, 0.1) is 30.2 Å². The van der Waals surface area contributed by atoms with Crippen molar-refractivity contribution in [1.29, 1.82) is 0 Å². The summed E-state index contributed by atoms with van der Waals surface area (Å²) in [7, 11) is 0. The molecule has 3 aliphatic rings. The van der Waals surface area contributed by atoms with E-state index in [2.05, 4.69) is 10.3 Å². The Labute approximate surface area is 252 Å². The molecule has 5 rings (SSSR count). The van der Waals surface area contributed by atoms with E-state index in [0.717, 1.165) is 0 Å². The number of ether oxygens (including phenoxy) is 1. The summed E-state index contributed by atoms with van der Waals surface area (Å²) in [6.45, 7) is 6.65. The number of rotatable bonds is 10. The molecule has 0 spiro atoms. The van der Waals surface area contributed by atoms with Crippen LogP contribution in [-0.4, -0.2) is 88.5 Å². The first-order valence-electron chi connectivity index (χ1n) is 14.3. The smallest absolute Gasteiger partial charge is 0.338 e. The van der Waals surface area contributed by atoms with Crippen LogP contribution < -0.4 is 5.32 Å². The Morgan fingerprint density at radius 1 is 1.28 bits per heavy atom. The molecule has 2 saturated heterocycles. The molecule has 3 aliphatic heterocycles. The molecule has 1 aromatic heterocycles. The summed E-state index contributed by atoms with van der Waals surface area (Å²) in [6.07, 6.45) is 2.32. The van der Waals surface area contributed by atoms with Gasteiger partial charge in [-0.3, -0.25) is 19.6 Å². The minimum atomic E-state index is -3.06. The Kier molecular flexibility index (Phi) is 8.70. The van der Waals surface area contributed by atoms with Crippen LogP contribution in [0.4, 0.5) is 13.2 Å². The summed E-state index contributed by atoms with van der Waals surface area (Å²) < 4.78 is 51.4. The van der Waals surface area contributed by atoms with Crippen LogP contribution in [-0.2, 0) is 14.3 Å². The summed E-state index contributed by atoms with van der Waals surface area (Å²) in [6, 6.07) is 2.03. The molecule has 43 heavy (non-hydrogen) atoms. The number of amidine groups is 1. The first-order chi connectivity index (χ1) is 20.3. The van der Waals surface area contributed by atoms with Crippen molar-refractivity contribution in [3.8, 4) is 0 Å². The SMILES string of the molecule is CCOC(=O)C1=C(CN2CC(F)(F)[C@H]3[C@@H]2CCN3CCC(C)(C)C(=O)O)NC(c2nccs2)=N[C@H]1c1cccc(F)c1C. The van der Waals surface area contributed by atoms with Crippen molar-refractivity contribution in [2.45, 2.75) is 64.6 Å². The van der Waals surface area contributed by atoms with E-state index in [1.807, 2.05) is 0 Å². The number of thiazole rings is 1. The number of esters is 1. The van der Waals surface area contributed by atoms with Crippen molar-refractivity contribution in [3.05, 3.63) is 63.0 Å². The third-order valence-corrected chi connectivity index (χ3v) is 9.39. The van der Waals surface area contributed by atoms with E-state index >= 15 is 8.78 Å². The number of aliphatic imine (C=N–C) groups is 1. The van der Waals surface area contributed by atoms with Crippen molar-refractivity contribution < 1.29 is 32.6 Å². The number of carbonyl (C=O) groups is 2. The molecule has 9 nitrogen and oxygen atoms in total. The van der Waals surface area contributed by atoms with Crippen molar-refractivity contribution in [2.75, 3.05) is 32.8 Å². The summed E-state index contributed by atoms with van der Waals surface area (Å²) in [5.74, 6) is -4.78. The van der Waals surface area contributed by atoms with E-state index in [9.17, 15) is 19.1 Å². The average Bonchev–Trinajstić information content (AvgIpc) is 3.68. The minimum Gasteiger partial charge on any atom is -0.481 e. The highest BCUT2D eigenvalue weighted by atomic mass is 32.1. The summed E-state index contributed by atoms with van der Waals surface area (Å²) in [4.78, 5) is 37.6. The molecule has 0 bridgehead atoms. The molecule has 0 aliphatic carbocycles. The molecular weight excluding hydrogens is 583 g/mol. The third-order valence-electron chi connectivity index (χ3n) is 8.61. The molecule has 0 radical (unpaired) electrons. The first-order valence-corrected chi connectivity index (χ1v) is 15.2. The van der Waals surface area contributed by atoms with Gasteiger partial charge in [-0.05, 0) is 64.3 Å². The second-order valence-corrected chi connectivity index (χ2v) is 12.7. The number of carboxylic acid groups (broad SMARTS) is 1. The van der Waals surface area contributed by atoms with Gasteiger partial charge < -0.3 is 15.2 Å². The Morgan fingerprint density at radius 2 is 2.05 bits per heavy atom. The lowest BCUT2D eigenvalue weighted by atomic mass is 9.89. The van der Waals surface area contributed by atoms with Crippen LogP contribution in [0.3, 0.4) is 0 Å². The maximum Gasteiger partial charge on any atom is 0.338 e. The van der Waals surface area contributed by atoms with Gasteiger partial charge in [-0.1, -0.05) is 12.1 Å². The van der Waals surface area contributed by atoms with Gasteiger partial charge in [-0.25, -0.2) is 22.9 Å². The van der Waals surface area contributed by atoms with Gasteiger partial charge in [0.15, 0.2) is 10.8 Å². The van der Waals surface area contributed by atoms with Gasteiger partial charge in [0.2, 0.25) is 0 Å². The van der Waals surface area contributed by atoms with Crippen LogP contribution in [0, 0.1) is 18.2 Å². The lowest BCUT2D eigenvalue weighted by Gasteiger charge is -2.31. The number of nitrogens with zero attached hydrogens (tertiary/aromatic N) is 4. The molecule has 0 amide bonds. The fourth-order valence-corrected chi connectivity index (χ4v) is 6.76. The van der Waals surface area contributed by atoms with Crippen molar-refractivity contribution >= 4 is 29.1 Å². The fraction of sp³-hybridized carbons (Fsp3) is 0.533. The zero-order valence-electron chi connectivity index (χ0n) is 24.6. The quantitative estimate of drug-likeness (QED) is 0.377. The molecule has 232 valence electrons. The molecule has 2 aromatic rings. The van der Waals surface area contributed by atoms with E-state index in [0.29, 0.717) is 40.6 Å². The topological polar surface area (TPSA) is 107 Å². The number of aromatic nitrogens is 1. The number of fused-ring (bicyclic) bond motifs is 1. The van der Waals surface area contributed by atoms with Crippen LogP contribution in [0.15, 0.2) is 46.0 Å². The highest BCUT2D eigenvalue weighted by Gasteiger charge is 2.59. The Hall–Kier alpha value is -3.29. The zero-order chi connectivity index (χ0) is 31.1. The molecular formula is C30H36F3N5O4S. The number of nitrogens with one attached hydrogen (secondary N) is 1. The van der Waals surface area contributed by atoms with E-state index in [1.54, 1.807) is 61.2 Å². The first kappa shape index (κ1) is 31.1. The van der Waals surface area contributed by atoms with Gasteiger partial charge in [-0.15, -0.1) is 11.3 Å². The highest BCUT2D eigenvalue weighted by molar-refractivity contribution is 7.11. The number of hydrogen-bond donors (Lipinski definition) is 2. The van der Waals surface area contributed by atoms with E-state index in [1.165, 1.54) is 17.4 Å². The number of aliphatic carboxylic acids is 1. The fourth-order valence-electron chi connectivity index (χ4n) is 6.17. The molecule has 13 heteroatoms. The van der Waals surface area contributed by atoms with Gasteiger partial charge in [-0.2, -0.15) is 0 Å². The molecule has 3 atom stereocenters. The van der Waals surface area contributed by atoms with Gasteiger partial charge in [0.25, 0.3) is 5.92 Å². The van der Waals surface area contributed by atoms with Crippen LogP contribution in [0.5, 0.6) is 0 Å². The Morgan fingerprint density at radius 3 is 2.72 bits per heavy atom. The second kappa shape index (κ2) is 12.0. The van der Waals surface area contributed by atoms with E-state index in [-0.39, 0.29) is 31.7 Å². The van der Waals surface area contributed by atoms with Crippen LogP contribution in [0.2, 0.25) is 0 Å². The molecule has 2 fully saturated rings. The zero-order valence-corrected chi connectivity index (χ0v) is 25.4. The minimum absolute atomic E-state index is 0.0192. The normalized spacial score (nSPS) is 24.1. The predicted molar refractivity (Wildman–Crippen MR) is 156 cm³/mol. The number of carbonyl (C=O) groups excluding carboxylic acids is 1. The van der Waals surface area contributed by atoms with Crippen molar-refractivity contribution in [2.24, 2.45) is 10.4 Å². The van der Waals surface area contributed by atoms with Crippen LogP contribution in [0.1, 0.15) is 55.8 Å². The number of carboxylic acids is 1. The van der Waals surface area contributed by atoms with Gasteiger partial charge >= 0.3 is 11.9 Å². The van der Waals surface area contributed by atoms with E-state index in [4.69, 9.17) is 9.73 Å². The molecule has 0 unspecified atom stereocenters. The monoisotopic (exact) mass is 619 g/mol. The average molecular weight is 620 g/mol. The Bertz CT molecular complexity index is 1450. The standard InChI is InChI=1S/C30H36F3N5O4S/c1-5-42-27(39)22-20(35-25(26-34-11-14-43-26)36-23(22)18-7-6-8-19(31)17(18)2)15-38-16-30(32,33)24-21(38)9-12-37(24)13-10-29(3,4)28(40)41/h6-8,11,14,21,23-24H,5,9-10,12-13,15-16H2,1-4H3,(H,35,36)(H,40,41)/t21-,23-,24+/m0/s1. The molecule has 1 aromatic carbocycles. The lowest BCUT2D eigenvalue weighted by Crippen LogP contribution is -2.46. The number of alkyl halides is 2. The lowest BCUT2D eigenvalue weighted by molar-refractivity contribution is -0.147. The maximum absolute atomic E-state index is 15.6. The van der Waals surface area contributed by atoms with Gasteiger partial charge in [0, 0.05) is 36.4 Å². The summed E-state index contributed by atoms with van der Waals surface area (Å²) >= 11 is 1.32. The van der Waals surface area contributed by atoms with Gasteiger partial charge in [0.1, 0.15) is 11.9 Å². The predicted octanol–water partition coefficient (Wildman–Crippen LogP) is 4.39. The molecule has 4 heterocycles. The van der Waals surface area contributed by atoms with Crippen molar-refractivity contribution in [1.82, 2.24) is 20.1 Å². The second-order valence-electron chi connectivity index (χ2n) is 11.9. The highest BCUT2D eigenvalue weighted by Crippen LogP contribution is 2.43. The molecule has 2 N–H and O–H groups in total. The Balaban J connectivity index is 1.51. The molecule has 0 saturated carbocycles. The number of likely N-dealkylation sites (tertiary alicyclic amines) is 2. The number of benzene rings is 1. The van der Waals surface area contributed by atoms with E-state index < -0.39 is 53.8 Å². The van der Waals surface area contributed by atoms with Crippen molar-refractivity contribution in [3.63, 3.8) is 0 Å². The number of halogens is 3. The largest absolute Gasteiger partial charge is 0.481 e. The third kappa shape index (κ3) is 6.07. The maximum atomic E-state index is 15.6. The number of hydrogen-bond acceptors (Lipinski definition) is 9. The summed E-state index contributed by atoms with van der Waals surface area (Å²) in [5, 5.41) is 15.0. The van der Waals surface area contributed by atoms with Crippen LogP contribution >= 0.6 is 11.3 Å². The summed E-state index contributed by atoms with van der Waals surface area (Å²) in [5.41, 5.74) is 0.247. The van der Waals surface area contributed by atoms with Crippen LogP contribution in [0.25, 0.3) is 0 Å².